The number of hydrogen-bond donors (Lipinski definition) is 0. The molecule has 1 aromatic rings. The van der Waals surface area contributed by atoms with Gasteiger partial charge in [0.05, 0.1) is 12.0 Å². The number of hydroxylamine groups is 1. The van der Waals surface area contributed by atoms with Crippen LogP contribution in [-0.4, -0.2) is 22.1 Å². The highest BCUT2D eigenvalue weighted by atomic mass is 35.5. The number of nitrogens with zero attached hydrogens (tertiary/aromatic N) is 2. The predicted molar refractivity (Wildman–Crippen MR) is 70.0 cm³/mol. The summed E-state index contributed by atoms with van der Waals surface area (Å²) in [6, 6.07) is 6.30. The van der Waals surface area contributed by atoms with Crippen LogP contribution in [-0.2, 0) is 4.74 Å². The Morgan fingerprint density at radius 3 is 2.42 bits per heavy atom. The van der Waals surface area contributed by atoms with Crippen LogP contribution < -0.4 is 0 Å². The van der Waals surface area contributed by atoms with Gasteiger partial charge in [0.15, 0.2) is 0 Å². The average molecular weight is 283 g/mol. The second kappa shape index (κ2) is 4.49. The highest BCUT2D eigenvalue weighted by Crippen LogP contribution is 2.35. The van der Waals surface area contributed by atoms with Gasteiger partial charge in [0.2, 0.25) is 0 Å². The second-order valence-electron chi connectivity index (χ2n) is 5.43. The predicted octanol–water partition coefficient (Wildman–Crippen LogP) is 3.36. The Morgan fingerprint density at radius 1 is 1.37 bits per heavy atom. The summed E-state index contributed by atoms with van der Waals surface area (Å²) >= 11 is 5.75. The average Bonchev–Trinajstić information content (AvgIpc) is 2.47. The van der Waals surface area contributed by atoms with E-state index in [2.05, 4.69) is 5.11 Å². The second-order valence-corrected chi connectivity index (χ2v) is 5.87. The molecule has 1 atom stereocenters. The summed E-state index contributed by atoms with van der Waals surface area (Å²) in [7, 11) is 0. The van der Waals surface area contributed by atoms with E-state index >= 15 is 0 Å². The van der Waals surface area contributed by atoms with Crippen molar-refractivity contribution < 1.29 is 14.4 Å². The van der Waals surface area contributed by atoms with Crippen LogP contribution in [0, 0.1) is 5.21 Å². The van der Waals surface area contributed by atoms with Gasteiger partial charge in [0.1, 0.15) is 5.54 Å². The molecule has 0 saturated heterocycles. The van der Waals surface area contributed by atoms with Crippen molar-refractivity contribution in [2.75, 3.05) is 0 Å². The molecule has 102 valence electrons. The maximum absolute atomic E-state index is 12.0. The molecule has 1 aliphatic heterocycles. The molecule has 0 fully saturated rings. The van der Waals surface area contributed by atoms with E-state index in [0.29, 0.717) is 21.9 Å². The Balaban J connectivity index is 2.16. The third-order valence-corrected chi connectivity index (χ3v) is 3.17. The van der Waals surface area contributed by atoms with E-state index in [-0.39, 0.29) is 0 Å². The van der Waals surface area contributed by atoms with Crippen molar-refractivity contribution in [3.8, 4) is 0 Å². The first-order valence-electron chi connectivity index (χ1n) is 5.91. The molecular formula is C13H15ClN2O3. The molecule has 0 radical (unpaired) electrons. The molecule has 0 amide bonds. The van der Waals surface area contributed by atoms with Crippen LogP contribution in [0.3, 0.4) is 0 Å². The molecule has 0 saturated carbocycles. The summed E-state index contributed by atoms with van der Waals surface area (Å²) < 4.78 is 5.31. The van der Waals surface area contributed by atoms with Gasteiger partial charge in [0, 0.05) is 11.9 Å². The molecule has 0 spiro atoms. The first-order chi connectivity index (χ1) is 8.72. The van der Waals surface area contributed by atoms with E-state index < -0.39 is 17.2 Å². The molecule has 1 heterocycles. The number of benzene rings is 1. The van der Waals surface area contributed by atoms with Crippen molar-refractivity contribution in [1.82, 2.24) is 0 Å². The zero-order valence-electron chi connectivity index (χ0n) is 11.0. The van der Waals surface area contributed by atoms with Crippen molar-refractivity contribution in [1.29, 1.82) is 0 Å². The fourth-order valence-corrected chi connectivity index (χ4v) is 2.30. The molecule has 0 aliphatic carbocycles. The van der Waals surface area contributed by atoms with E-state index in [1.54, 1.807) is 31.2 Å². The van der Waals surface area contributed by atoms with Crippen molar-refractivity contribution >= 4 is 17.6 Å². The van der Waals surface area contributed by atoms with Crippen molar-refractivity contribution in [3.05, 3.63) is 40.1 Å². The van der Waals surface area contributed by atoms with Crippen molar-refractivity contribution in [2.24, 2.45) is 5.11 Å². The molecule has 0 N–H and O–H groups in total. The normalized spacial score (nSPS) is 24.9. The van der Waals surface area contributed by atoms with Crippen LogP contribution in [0.1, 0.15) is 37.6 Å². The lowest BCUT2D eigenvalue weighted by Crippen LogP contribution is -2.39. The van der Waals surface area contributed by atoms with Gasteiger partial charge in [-0.3, -0.25) is 0 Å². The van der Waals surface area contributed by atoms with Gasteiger partial charge < -0.3 is 9.94 Å². The number of hydrogen-bond acceptors (Lipinski definition) is 4. The van der Waals surface area contributed by atoms with E-state index in [1.165, 1.54) is 0 Å². The van der Waals surface area contributed by atoms with E-state index in [9.17, 15) is 10.0 Å². The number of esters is 1. The summed E-state index contributed by atoms with van der Waals surface area (Å²) in [6.45, 7) is 5.20. The molecule has 2 rings (SSSR count). The SMILES string of the molecule is CC1(C)CC(C)(OC(=O)c2ccc(Cl)cc2)[N+]([O-])=N1. The molecule has 6 heteroatoms. The van der Waals surface area contributed by atoms with Gasteiger partial charge in [-0.05, 0) is 43.2 Å². The minimum Gasteiger partial charge on any atom is -0.597 e. The van der Waals surface area contributed by atoms with Crippen LogP contribution >= 0.6 is 11.6 Å². The summed E-state index contributed by atoms with van der Waals surface area (Å²) in [5, 5.41) is 16.2. The minimum atomic E-state index is -1.26. The van der Waals surface area contributed by atoms with E-state index in [0.717, 1.165) is 0 Å². The van der Waals surface area contributed by atoms with Crippen LogP contribution in [0.2, 0.25) is 5.02 Å². The number of carbonyl (C=O) groups excluding carboxylic acids is 1. The van der Waals surface area contributed by atoms with Gasteiger partial charge in [-0.2, -0.15) is 0 Å². The highest BCUT2D eigenvalue weighted by Gasteiger charge is 2.52. The zero-order valence-corrected chi connectivity index (χ0v) is 11.8. The lowest BCUT2D eigenvalue weighted by atomic mass is 9.97. The number of halogens is 1. The van der Waals surface area contributed by atoms with Crippen molar-refractivity contribution in [2.45, 2.75) is 38.5 Å². The first kappa shape index (κ1) is 13.8. The molecule has 19 heavy (non-hydrogen) atoms. The van der Waals surface area contributed by atoms with E-state index in [1.807, 2.05) is 13.8 Å². The molecule has 1 unspecified atom stereocenters. The highest BCUT2D eigenvalue weighted by molar-refractivity contribution is 6.30. The third kappa shape index (κ3) is 2.87. The van der Waals surface area contributed by atoms with Crippen LogP contribution in [0.15, 0.2) is 29.4 Å². The molecular weight excluding hydrogens is 268 g/mol. The fourth-order valence-electron chi connectivity index (χ4n) is 2.18. The van der Waals surface area contributed by atoms with Crippen LogP contribution in [0.25, 0.3) is 0 Å². The Bertz CT molecular complexity index is 539. The minimum absolute atomic E-state index is 0.350. The van der Waals surface area contributed by atoms with Gasteiger partial charge in [0.25, 0.3) is 0 Å². The topological polar surface area (TPSA) is 64.7 Å². The molecule has 0 bridgehead atoms. The standard InChI is InChI=1S/C13H15ClN2O3/c1-12(2)8-13(3,16(18)15-12)19-11(17)9-4-6-10(14)7-5-9/h4-7H,8H2,1-3H3. The van der Waals surface area contributed by atoms with Gasteiger partial charge in [-0.25, -0.2) is 4.79 Å². The van der Waals surface area contributed by atoms with Crippen molar-refractivity contribution in [3.63, 3.8) is 0 Å². The molecule has 1 aliphatic rings. The largest absolute Gasteiger partial charge is 0.597 e. The third-order valence-electron chi connectivity index (χ3n) is 2.92. The fraction of sp³-hybridized carbons (Fsp3) is 0.462. The van der Waals surface area contributed by atoms with Gasteiger partial charge in [-0.1, -0.05) is 16.5 Å². The monoisotopic (exact) mass is 282 g/mol. The summed E-state index contributed by atoms with van der Waals surface area (Å²) in [5.41, 5.74) is -1.44. The Labute approximate surface area is 116 Å². The Kier molecular flexibility index (Phi) is 3.26. The Morgan fingerprint density at radius 2 is 1.95 bits per heavy atom. The summed E-state index contributed by atoms with van der Waals surface area (Å²) in [6.07, 6.45) is 0.350. The Hall–Kier alpha value is -1.62. The number of carbonyl (C=O) groups is 1. The summed E-state index contributed by atoms with van der Waals surface area (Å²) in [4.78, 5) is 12.5. The van der Waals surface area contributed by atoms with Crippen LogP contribution in [0.4, 0.5) is 0 Å². The lowest BCUT2D eigenvalue weighted by Gasteiger charge is -2.21. The first-order valence-corrected chi connectivity index (χ1v) is 6.29. The smallest absolute Gasteiger partial charge is 0.343 e. The van der Waals surface area contributed by atoms with E-state index in [4.69, 9.17) is 16.3 Å². The quantitative estimate of drug-likeness (QED) is 0.474. The zero-order chi connectivity index (χ0) is 14.3. The lowest BCUT2D eigenvalue weighted by molar-refractivity contribution is -0.637. The van der Waals surface area contributed by atoms with Gasteiger partial charge in [-0.15, -0.1) is 0 Å². The molecule has 0 aromatic heterocycles. The molecule has 1 aromatic carbocycles. The molecule has 5 nitrogen and oxygen atoms in total. The van der Waals surface area contributed by atoms with Crippen LogP contribution in [0.5, 0.6) is 0 Å². The maximum atomic E-state index is 12.0. The summed E-state index contributed by atoms with van der Waals surface area (Å²) in [5.74, 6) is -0.562. The van der Waals surface area contributed by atoms with Gasteiger partial charge >= 0.3 is 11.7 Å². The number of rotatable bonds is 2. The number of azo groups is 1. The number of ether oxygens (including phenoxy) is 1. The maximum Gasteiger partial charge on any atom is 0.343 e.